The fourth-order valence-corrected chi connectivity index (χ4v) is 2.82. The lowest BCUT2D eigenvalue weighted by molar-refractivity contribution is -0.141. The minimum Gasteiger partial charge on any atom is -0.435 e. The Kier molecular flexibility index (Phi) is 7.22. The van der Waals surface area contributed by atoms with Crippen LogP contribution in [0.5, 0.6) is 5.75 Å². The van der Waals surface area contributed by atoms with E-state index in [9.17, 15) is 13.6 Å². The Morgan fingerprint density at radius 3 is 2.57 bits per heavy atom. The van der Waals surface area contributed by atoms with Gasteiger partial charge in [0.15, 0.2) is 0 Å². The number of piperidine rings is 1. The second-order valence-electron chi connectivity index (χ2n) is 6.02. The molecule has 1 aromatic rings. The maximum Gasteiger partial charge on any atom is 0.387 e. The van der Waals surface area contributed by atoms with E-state index in [0.29, 0.717) is 13.1 Å². The molecule has 1 N–H and O–H groups in total. The lowest BCUT2D eigenvalue weighted by atomic mass is 9.81. The van der Waals surface area contributed by atoms with Crippen LogP contribution in [0.3, 0.4) is 0 Å². The zero-order chi connectivity index (χ0) is 16.2. The first-order chi connectivity index (χ1) is 10.4. The second kappa shape index (κ2) is 8.45. The molecule has 1 amide bonds. The molecule has 4 nitrogen and oxygen atoms in total. The van der Waals surface area contributed by atoms with Gasteiger partial charge in [-0.05, 0) is 44.0 Å². The van der Waals surface area contributed by atoms with Crippen LogP contribution in [0, 0.1) is 5.41 Å². The smallest absolute Gasteiger partial charge is 0.387 e. The highest BCUT2D eigenvalue weighted by molar-refractivity contribution is 5.85. The van der Waals surface area contributed by atoms with Crippen LogP contribution in [0.4, 0.5) is 8.78 Å². The minimum absolute atomic E-state index is 0. The van der Waals surface area contributed by atoms with Crippen molar-refractivity contribution in [3.63, 3.8) is 0 Å². The number of halogens is 3. The van der Waals surface area contributed by atoms with Crippen molar-refractivity contribution >= 4 is 18.3 Å². The van der Waals surface area contributed by atoms with Gasteiger partial charge >= 0.3 is 6.61 Å². The summed E-state index contributed by atoms with van der Waals surface area (Å²) >= 11 is 0. The number of carbonyl (C=O) groups excluding carboxylic acids is 1. The number of ether oxygens (including phenoxy) is 1. The monoisotopic (exact) mass is 348 g/mol. The molecule has 1 aliphatic heterocycles. The second-order valence-corrected chi connectivity index (χ2v) is 6.02. The predicted molar refractivity (Wildman–Crippen MR) is 87.0 cm³/mol. The van der Waals surface area contributed by atoms with Gasteiger partial charge in [0.2, 0.25) is 5.91 Å². The molecule has 1 fully saturated rings. The third-order valence-electron chi connectivity index (χ3n) is 4.03. The topological polar surface area (TPSA) is 41.6 Å². The molecule has 0 bridgehead atoms. The van der Waals surface area contributed by atoms with E-state index >= 15 is 0 Å². The highest BCUT2D eigenvalue weighted by atomic mass is 35.5. The number of carbonyl (C=O) groups is 1. The van der Waals surface area contributed by atoms with E-state index in [0.717, 1.165) is 24.9 Å². The molecule has 1 unspecified atom stereocenters. The summed E-state index contributed by atoms with van der Waals surface area (Å²) in [5.74, 6) is 0.226. The number of nitrogens with zero attached hydrogens (tertiary/aromatic N) is 1. The van der Waals surface area contributed by atoms with Crippen molar-refractivity contribution in [3.05, 3.63) is 29.8 Å². The molecular formula is C16H23ClF2N2O2. The highest BCUT2D eigenvalue weighted by Crippen LogP contribution is 2.28. The average molecular weight is 349 g/mol. The normalized spacial score (nSPS) is 20.7. The molecule has 1 atom stereocenters. The Balaban J connectivity index is 0.00000264. The van der Waals surface area contributed by atoms with Gasteiger partial charge in [0.25, 0.3) is 0 Å². The molecule has 7 heteroatoms. The zero-order valence-corrected chi connectivity index (χ0v) is 14.2. The molecule has 0 aliphatic carbocycles. The number of rotatable bonds is 5. The summed E-state index contributed by atoms with van der Waals surface area (Å²) in [5, 5.41) is 3.27. The van der Waals surface area contributed by atoms with Gasteiger partial charge in [-0.15, -0.1) is 12.4 Å². The Bertz CT molecular complexity index is 505. The quantitative estimate of drug-likeness (QED) is 0.889. The summed E-state index contributed by atoms with van der Waals surface area (Å²) in [7, 11) is 1.77. The maximum atomic E-state index is 12.6. The summed E-state index contributed by atoms with van der Waals surface area (Å²) < 4.78 is 28.5. The largest absolute Gasteiger partial charge is 0.435 e. The molecule has 0 spiro atoms. The maximum absolute atomic E-state index is 12.6. The summed E-state index contributed by atoms with van der Waals surface area (Å²) in [6.07, 6.45) is 1.88. The third kappa shape index (κ3) is 5.32. The highest BCUT2D eigenvalue weighted by Gasteiger charge is 2.36. The van der Waals surface area contributed by atoms with Crippen LogP contribution in [-0.2, 0) is 11.3 Å². The number of alkyl halides is 2. The molecule has 1 aromatic carbocycles. The Morgan fingerprint density at radius 1 is 1.39 bits per heavy atom. The van der Waals surface area contributed by atoms with Crippen molar-refractivity contribution in [3.8, 4) is 5.75 Å². The molecule has 1 aliphatic rings. The Hall–Kier alpha value is -1.40. The molecule has 1 heterocycles. The van der Waals surface area contributed by atoms with Gasteiger partial charge in [-0.25, -0.2) is 0 Å². The molecule has 0 radical (unpaired) electrons. The number of nitrogens with one attached hydrogen (secondary N) is 1. The van der Waals surface area contributed by atoms with Gasteiger partial charge in [-0.1, -0.05) is 12.1 Å². The van der Waals surface area contributed by atoms with Gasteiger partial charge in [0.05, 0.1) is 5.41 Å². The van der Waals surface area contributed by atoms with Gasteiger partial charge < -0.3 is 15.0 Å². The first-order valence-corrected chi connectivity index (χ1v) is 7.41. The van der Waals surface area contributed by atoms with Crippen molar-refractivity contribution < 1.29 is 18.3 Å². The van der Waals surface area contributed by atoms with Crippen LogP contribution in [0.2, 0.25) is 0 Å². The SMILES string of the molecule is CN(Cc1ccc(OC(F)F)cc1)C(=O)C1(C)CCCNC1.Cl. The lowest BCUT2D eigenvalue weighted by Gasteiger charge is -2.36. The number of hydrogen-bond donors (Lipinski definition) is 1. The fraction of sp³-hybridized carbons (Fsp3) is 0.562. The first-order valence-electron chi connectivity index (χ1n) is 7.41. The van der Waals surface area contributed by atoms with Gasteiger partial charge in [0, 0.05) is 20.1 Å². The Morgan fingerprint density at radius 2 is 2.04 bits per heavy atom. The zero-order valence-electron chi connectivity index (χ0n) is 13.4. The van der Waals surface area contributed by atoms with Crippen LogP contribution < -0.4 is 10.1 Å². The van der Waals surface area contributed by atoms with Crippen molar-refractivity contribution in [1.29, 1.82) is 0 Å². The minimum atomic E-state index is -2.83. The summed E-state index contributed by atoms with van der Waals surface area (Å²) in [6.45, 7) is 1.25. The average Bonchev–Trinajstić information content (AvgIpc) is 2.48. The number of amides is 1. The van der Waals surface area contributed by atoms with Crippen molar-refractivity contribution in [2.45, 2.75) is 32.9 Å². The predicted octanol–water partition coefficient (Wildman–Crippen LogP) is 3.06. The van der Waals surface area contributed by atoms with E-state index < -0.39 is 6.61 Å². The molecule has 130 valence electrons. The van der Waals surface area contributed by atoms with Gasteiger partial charge in [-0.2, -0.15) is 8.78 Å². The summed E-state index contributed by atoms with van der Waals surface area (Å²) in [6, 6.07) is 6.37. The van der Waals surface area contributed by atoms with Crippen LogP contribution in [0.1, 0.15) is 25.3 Å². The molecule has 0 aromatic heterocycles. The van der Waals surface area contributed by atoms with Gasteiger partial charge in [-0.3, -0.25) is 4.79 Å². The molecular weight excluding hydrogens is 326 g/mol. The summed E-state index contributed by atoms with van der Waals surface area (Å²) in [4.78, 5) is 14.3. The van der Waals surface area contributed by atoms with E-state index in [1.54, 1.807) is 24.1 Å². The van der Waals surface area contributed by atoms with E-state index in [1.807, 2.05) is 6.92 Å². The fourth-order valence-electron chi connectivity index (χ4n) is 2.82. The standard InChI is InChI=1S/C16H22F2N2O2.ClH/c1-16(8-3-9-19-11-16)14(21)20(2)10-12-4-6-13(7-5-12)22-15(17)18;/h4-7,15,19H,3,8-11H2,1-2H3;1H. The molecule has 23 heavy (non-hydrogen) atoms. The van der Waals surface area contributed by atoms with Gasteiger partial charge in [0.1, 0.15) is 5.75 Å². The van der Waals surface area contributed by atoms with Crippen molar-refractivity contribution in [1.82, 2.24) is 10.2 Å². The summed E-state index contributed by atoms with van der Waals surface area (Å²) in [5.41, 5.74) is 0.510. The number of hydrogen-bond acceptors (Lipinski definition) is 3. The molecule has 2 rings (SSSR count). The Labute approximate surface area is 141 Å². The van der Waals surface area contributed by atoms with Crippen molar-refractivity contribution in [2.24, 2.45) is 5.41 Å². The van der Waals surface area contributed by atoms with E-state index in [4.69, 9.17) is 0 Å². The lowest BCUT2D eigenvalue weighted by Crippen LogP contribution is -2.48. The van der Waals surface area contributed by atoms with Crippen LogP contribution in [0.15, 0.2) is 24.3 Å². The molecule has 1 saturated heterocycles. The van der Waals surface area contributed by atoms with E-state index in [-0.39, 0.29) is 29.5 Å². The van der Waals surface area contributed by atoms with Crippen LogP contribution in [-0.4, -0.2) is 37.6 Å². The van der Waals surface area contributed by atoms with Crippen LogP contribution in [0.25, 0.3) is 0 Å². The third-order valence-corrected chi connectivity index (χ3v) is 4.03. The van der Waals surface area contributed by atoms with Crippen LogP contribution >= 0.6 is 12.4 Å². The van der Waals surface area contributed by atoms with E-state index in [1.165, 1.54) is 12.1 Å². The van der Waals surface area contributed by atoms with E-state index in [2.05, 4.69) is 10.1 Å². The number of benzene rings is 1. The van der Waals surface area contributed by atoms with Crippen molar-refractivity contribution in [2.75, 3.05) is 20.1 Å². The first kappa shape index (κ1) is 19.6. The molecule has 0 saturated carbocycles.